The van der Waals surface area contributed by atoms with Crippen molar-refractivity contribution in [2.75, 3.05) is 6.61 Å². The van der Waals surface area contributed by atoms with Crippen molar-refractivity contribution < 1.29 is 9.53 Å². The van der Waals surface area contributed by atoms with E-state index in [-0.39, 0.29) is 0 Å². The van der Waals surface area contributed by atoms with Crippen LogP contribution in [0.4, 0.5) is 0 Å². The summed E-state index contributed by atoms with van der Waals surface area (Å²) in [6, 6.07) is 3.95. The van der Waals surface area contributed by atoms with Crippen molar-refractivity contribution in [2.45, 2.75) is 39.7 Å². The molecule has 0 unspecified atom stereocenters. The molecule has 6 heteroatoms. The van der Waals surface area contributed by atoms with Gasteiger partial charge in [0.25, 0.3) is 0 Å². The second-order valence-corrected chi connectivity index (χ2v) is 4.68. The van der Waals surface area contributed by atoms with E-state index in [4.69, 9.17) is 4.74 Å². The van der Waals surface area contributed by atoms with Gasteiger partial charge in [-0.2, -0.15) is 0 Å². The van der Waals surface area contributed by atoms with Crippen LogP contribution in [0.15, 0.2) is 24.5 Å². The van der Waals surface area contributed by atoms with Crippen molar-refractivity contribution in [2.24, 2.45) is 0 Å². The van der Waals surface area contributed by atoms with E-state index in [1.165, 1.54) is 5.56 Å². The number of carbonyl (C=O) groups excluding carboxylic acids is 1. The Hall–Kier alpha value is -2.24. The van der Waals surface area contributed by atoms with E-state index < -0.39 is 5.97 Å². The monoisotopic (exact) mass is 288 g/mol. The van der Waals surface area contributed by atoms with Crippen molar-refractivity contribution >= 4 is 5.97 Å². The molecule has 6 nitrogen and oxygen atoms in total. The summed E-state index contributed by atoms with van der Waals surface area (Å²) in [5.74, 6) is -0.392. The van der Waals surface area contributed by atoms with Gasteiger partial charge in [0.1, 0.15) is 0 Å². The average molecular weight is 288 g/mol. The van der Waals surface area contributed by atoms with E-state index in [0.29, 0.717) is 18.8 Å². The molecule has 0 N–H and O–H groups in total. The third kappa shape index (κ3) is 3.87. The van der Waals surface area contributed by atoms with Crippen molar-refractivity contribution in [1.29, 1.82) is 0 Å². The number of aromatic nitrogens is 4. The fourth-order valence-corrected chi connectivity index (χ4v) is 2.14. The number of ether oxygens (including phenoxy) is 1. The molecule has 2 rings (SSSR count). The van der Waals surface area contributed by atoms with Crippen LogP contribution in [0.25, 0.3) is 0 Å². The van der Waals surface area contributed by atoms with Gasteiger partial charge in [-0.25, -0.2) is 9.48 Å². The Labute approximate surface area is 124 Å². The number of rotatable bonds is 7. The highest BCUT2D eigenvalue weighted by atomic mass is 16.5. The number of esters is 1. The van der Waals surface area contributed by atoms with Gasteiger partial charge < -0.3 is 4.74 Å². The lowest BCUT2D eigenvalue weighted by Crippen LogP contribution is -2.12. The fourth-order valence-electron chi connectivity index (χ4n) is 2.14. The molecule has 0 amide bonds. The van der Waals surface area contributed by atoms with E-state index >= 15 is 0 Å². The van der Waals surface area contributed by atoms with E-state index in [9.17, 15) is 4.79 Å². The first-order valence-corrected chi connectivity index (χ1v) is 7.24. The average Bonchev–Trinajstić information content (AvgIpc) is 2.90. The molecule has 21 heavy (non-hydrogen) atoms. The largest absolute Gasteiger partial charge is 0.461 e. The van der Waals surface area contributed by atoms with Gasteiger partial charge in [0.15, 0.2) is 5.69 Å². The quantitative estimate of drug-likeness (QED) is 0.729. The van der Waals surface area contributed by atoms with Gasteiger partial charge in [0.05, 0.1) is 12.3 Å². The summed E-state index contributed by atoms with van der Waals surface area (Å²) in [6.07, 6.45) is 6.05. The molecule has 0 radical (unpaired) electrons. The number of hydrogen-bond acceptors (Lipinski definition) is 5. The first-order chi connectivity index (χ1) is 10.3. The molecule has 0 saturated heterocycles. The Bertz CT molecular complexity index is 581. The van der Waals surface area contributed by atoms with Crippen LogP contribution in [-0.4, -0.2) is 32.6 Å². The minimum absolute atomic E-state index is 0.341. The molecule has 0 spiro atoms. The molecular weight excluding hydrogens is 268 g/mol. The van der Waals surface area contributed by atoms with Crippen LogP contribution < -0.4 is 0 Å². The van der Waals surface area contributed by atoms with Crippen LogP contribution in [0, 0.1) is 0 Å². The topological polar surface area (TPSA) is 69.9 Å². The summed E-state index contributed by atoms with van der Waals surface area (Å²) in [6.45, 7) is 4.88. The highest BCUT2D eigenvalue weighted by Gasteiger charge is 2.19. The van der Waals surface area contributed by atoms with Crippen LogP contribution in [0.1, 0.15) is 42.0 Å². The Morgan fingerprint density at radius 1 is 1.24 bits per heavy atom. The predicted molar refractivity (Wildman–Crippen MR) is 77.9 cm³/mol. The van der Waals surface area contributed by atoms with E-state index in [1.54, 1.807) is 24.0 Å². The Balaban J connectivity index is 2.13. The van der Waals surface area contributed by atoms with Crippen LogP contribution in [-0.2, 0) is 24.1 Å². The summed E-state index contributed by atoms with van der Waals surface area (Å²) in [4.78, 5) is 15.9. The first kappa shape index (κ1) is 15.2. The normalized spacial score (nSPS) is 10.6. The van der Waals surface area contributed by atoms with Gasteiger partial charge in [-0.15, -0.1) is 5.10 Å². The Morgan fingerprint density at radius 2 is 2.00 bits per heavy atom. The van der Waals surface area contributed by atoms with Crippen molar-refractivity contribution in [3.05, 3.63) is 41.5 Å². The van der Waals surface area contributed by atoms with Crippen LogP contribution in [0.5, 0.6) is 0 Å². The zero-order valence-electron chi connectivity index (χ0n) is 12.5. The highest BCUT2D eigenvalue weighted by molar-refractivity contribution is 5.88. The number of carbonyl (C=O) groups is 1. The maximum atomic E-state index is 11.9. The third-order valence-corrected chi connectivity index (χ3v) is 3.15. The molecule has 0 aliphatic carbocycles. The van der Waals surface area contributed by atoms with Crippen LogP contribution in [0.3, 0.4) is 0 Å². The molecular formula is C15H20N4O2. The van der Waals surface area contributed by atoms with E-state index in [2.05, 4.69) is 22.2 Å². The summed E-state index contributed by atoms with van der Waals surface area (Å²) in [5, 5.41) is 8.10. The molecule has 0 aliphatic rings. The number of pyridine rings is 1. The number of aryl methyl sites for hydroxylation is 2. The van der Waals surface area contributed by atoms with Crippen LogP contribution in [0.2, 0.25) is 0 Å². The lowest BCUT2D eigenvalue weighted by atomic mass is 10.2. The van der Waals surface area contributed by atoms with E-state index in [0.717, 1.165) is 25.0 Å². The summed E-state index contributed by atoms with van der Waals surface area (Å²) in [5.41, 5.74) is 2.37. The lowest BCUT2D eigenvalue weighted by Gasteiger charge is -2.07. The SMILES string of the molecule is CCCc1c(C(=O)OCC)nnn1CCc1ccncc1. The lowest BCUT2D eigenvalue weighted by molar-refractivity contribution is 0.0518. The fraction of sp³-hybridized carbons (Fsp3) is 0.467. The predicted octanol–water partition coefficient (Wildman–Crippen LogP) is 2.04. The standard InChI is InChI=1S/C15H20N4O2/c1-3-5-13-14(15(20)21-4-2)17-18-19(13)11-8-12-6-9-16-10-7-12/h6-7,9-10H,3-5,8,11H2,1-2H3. The maximum absolute atomic E-state index is 11.9. The second kappa shape index (κ2) is 7.52. The van der Waals surface area contributed by atoms with Gasteiger partial charge >= 0.3 is 5.97 Å². The minimum Gasteiger partial charge on any atom is -0.461 e. The summed E-state index contributed by atoms with van der Waals surface area (Å²) < 4.78 is 6.83. The Morgan fingerprint density at radius 3 is 2.67 bits per heavy atom. The molecule has 2 aromatic rings. The van der Waals surface area contributed by atoms with Gasteiger partial charge in [-0.1, -0.05) is 18.6 Å². The molecule has 0 aliphatic heterocycles. The first-order valence-electron chi connectivity index (χ1n) is 7.24. The van der Waals surface area contributed by atoms with Gasteiger partial charge in [0, 0.05) is 18.9 Å². The maximum Gasteiger partial charge on any atom is 0.360 e. The van der Waals surface area contributed by atoms with Crippen molar-refractivity contribution in [3.8, 4) is 0 Å². The molecule has 2 heterocycles. The molecule has 0 aromatic carbocycles. The van der Waals surface area contributed by atoms with Gasteiger partial charge in [0.2, 0.25) is 0 Å². The summed E-state index contributed by atoms with van der Waals surface area (Å²) >= 11 is 0. The number of hydrogen-bond donors (Lipinski definition) is 0. The molecule has 0 bridgehead atoms. The van der Waals surface area contributed by atoms with E-state index in [1.807, 2.05) is 12.1 Å². The summed E-state index contributed by atoms with van der Waals surface area (Å²) in [7, 11) is 0. The van der Waals surface area contributed by atoms with Gasteiger partial charge in [-0.05, 0) is 37.5 Å². The van der Waals surface area contributed by atoms with Crippen LogP contribution >= 0.6 is 0 Å². The molecule has 112 valence electrons. The Kier molecular flexibility index (Phi) is 5.43. The van der Waals surface area contributed by atoms with Gasteiger partial charge in [-0.3, -0.25) is 4.98 Å². The third-order valence-electron chi connectivity index (χ3n) is 3.15. The smallest absolute Gasteiger partial charge is 0.360 e. The molecule has 2 aromatic heterocycles. The molecule has 0 fully saturated rings. The van der Waals surface area contributed by atoms with Crippen molar-refractivity contribution in [1.82, 2.24) is 20.0 Å². The zero-order chi connectivity index (χ0) is 15.1. The van der Waals surface area contributed by atoms with Crippen molar-refractivity contribution in [3.63, 3.8) is 0 Å². The molecule has 0 atom stereocenters. The second-order valence-electron chi connectivity index (χ2n) is 4.68. The minimum atomic E-state index is -0.392. The zero-order valence-corrected chi connectivity index (χ0v) is 12.5. The number of nitrogens with zero attached hydrogens (tertiary/aromatic N) is 4. The molecule has 0 saturated carbocycles. The highest BCUT2D eigenvalue weighted by Crippen LogP contribution is 2.11.